The summed E-state index contributed by atoms with van der Waals surface area (Å²) in [5.41, 5.74) is 1.20. The number of nitrogens with zero attached hydrogens (tertiary/aromatic N) is 1. The van der Waals surface area contributed by atoms with E-state index in [0.717, 1.165) is 6.42 Å². The van der Waals surface area contributed by atoms with E-state index in [1.807, 2.05) is 62.9 Å². The first-order chi connectivity index (χ1) is 9.41. The Morgan fingerprint density at radius 1 is 1.10 bits per heavy atom. The average molecular weight is 277 g/mol. The molecule has 0 aliphatic heterocycles. The van der Waals surface area contributed by atoms with Gasteiger partial charge in [0.2, 0.25) is 5.91 Å². The van der Waals surface area contributed by atoms with E-state index in [-0.39, 0.29) is 24.4 Å². The van der Waals surface area contributed by atoms with Gasteiger partial charge in [-0.15, -0.1) is 0 Å². The van der Waals surface area contributed by atoms with Crippen LogP contribution in [0.5, 0.6) is 0 Å². The Kier molecular flexibility index (Phi) is 6.73. The molecule has 0 unspecified atom stereocenters. The summed E-state index contributed by atoms with van der Waals surface area (Å²) >= 11 is 0. The van der Waals surface area contributed by atoms with E-state index in [1.54, 1.807) is 0 Å². The first-order valence-corrected chi connectivity index (χ1v) is 7.45. The summed E-state index contributed by atoms with van der Waals surface area (Å²) in [5.74, 6) is 0.0376. The molecular formula is C17H27NO2. The van der Waals surface area contributed by atoms with Crippen molar-refractivity contribution in [3.63, 3.8) is 0 Å². The zero-order valence-corrected chi connectivity index (χ0v) is 13.0. The molecule has 1 aromatic carbocycles. The highest BCUT2D eigenvalue weighted by Crippen LogP contribution is 2.12. The fraction of sp³-hybridized carbons (Fsp3) is 0.588. The fourth-order valence-corrected chi connectivity index (χ4v) is 2.56. The molecule has 20 heavy (non-hydrogen) atoms. The monoisotopic (exact) mass is 277 g/mol. The van der Waals surface area contributed by atoms with E-state index in [2.05, 4.69) is 0 Å². The summed E-state index contributed by atoms with van der Waals surface area (Å²) in [7, 11) is 0. The van der Waals surface area contributed by atoms with Crippen LogP contribution < -0.4 is 0 Å². The Balaban J connectivity index is 2.45. The van der Waals surface area contributed by atoms with Crippen molar-refractivity contribution in [2.24, 2.45) is 0 Å². The lowest BCUT2D eigenvalue weighted by atomic mass is 10.0. The molecule has 1 N–H and O–H groups in total. The minimum atomic E-state index is -0.567. The van der Waals surface area contributed by atoms with E-state index in [0.29, 0.717) is 6.42 Å². The molecule has 0 saturated carbocycles. The second kappa shape index (κ2) is 8.05. The minimum Gasteiger partial charge on any atom is -0.393 e. The zero-order valence-electron chi connectivity index (χ0n) is 13.0. The zero-order chi connectivity index (χ0) is 15.1. The third-order valence-corrected chi connectivity index (χ3v) is 3.42. The Bertz CT molecular complexity index is 393. The van der Waals surface area contributed by atoms with Gasteiger partial charge in [0, 0.05) is 12.1 Å². The molecule has 0 aromatic heterocycles. The average Bonchev–Trinajstić information content (AvgIpc) is 2.36. The largest absolute Gasteiger partial charge is 0.393 e. The van der Waals surface area contributed by atoms with Crippen molar-refractivity contribution in [2.45, 2.75) is 65.1 Å². The number of rotatable bonds is 7. The number of hydrogen-bond donors (Lipinski definition) is 1. The molecule has 0 heterocycles. The molecule has 0 spiro atoms. The lowest BCUT2D eigenvalue weighted by molar-refractivity contribution is -0.136. The van der Waals surface area contributed by atoms with E-state index >= 15 is 0 Å². The lowest BCUT2D eigenvalue weighted by Gasteiger charge is -2.31. The van der Waals surface area contributed by atoms with Crippen LogP contribution in [0.3, 0.4) is 0 Å². The number of aliphatic hydroxyl groups is 1. The Hall–Kier alpha value is -1.35. The summed E-state index contributed by atoms with van der Waals surface area (Å²) in [5, 5.41) is 10.0. The molecule has 3 nitrogen and oxygen atoms in total. The second-order valence-electron chi connectivity index (χ2n) is 5.87. The van der Waals surface area contributed by atoms with Crippen LogP contribution in [0.2, 0.25) is 0 Å². The molecule has 0 saturated heterocycles. The SMILES string of the molecule is CC(C)N(C(=O)C[C@H](O)CCc1ccccc1)C(C)C. The Morgan fingerprint density at radius 3 is 2.15 bits per heavy atom. The van der Waals surface area contributed by atoms with Crippen molar-refractivity contribution >= 4 is 5.91 Å². The van der Waals surface area contributed by atoms with Crippen LogP contribution in [0, 0.1) is 0 Å². The topological polar surface area (TPSA) is 40.5 Å². The van der Waals surface area contributed by atoms with Crippen LogP contribution in [0.4, 0.5) is 0 Å². The maximum atomic E-state index is 12.2. The molecular weight excluding hydrogens is 250 g/mol. The van der Waals surface area contributed by atoms with E-state index < -0.39 is 6.10 Å². The van der Waals surface area contributed by atoms with Gasteiger partial charge in [-0.25, -0.2) is 0 Å². The summed E-state index contributed by atoms with van der Waals surface area (Å²) < 4.78 is 0. The van der Waals surface area contributed by atoms with Gasteiger partial charge in [0.1, 0.15) is 0 Å². The van der Waals surface area contributed by atoms with E-state index in [1.165, 1.54) is 5.56 Å². The van der Waals surface area contributed by atoms with Gasteiger partial charge in [-0.05, 0) is 46.1 Å². The molecule has 3 heteroatoms. The van der Waals surface area contributed by atoms with Crippen molar-refractivity contribution in [3.05, 3.63) is 35.9 Å². The van der Waals surface area contributed by atoms with E-state index in [4.69, 9.17) is 0 Å². The second-order valence-corrected chi connectivity index (χ2v) is 5.87. The van der Waals surface area contributed by atoms with Gasteiger partial charge in [-0.2, -0.15) is 0 Å². The lowest BCUT2D eigenvalue weighted by Crippen LogP contribution is -2.43. The summed E-state index contributed by atoms with van der Waals surface area (Å²) in [6, 6.07) is 10.4. The molecule has 0 bridgehead atoms. The van der Waals surface area contributed by atoms with Crippen LogP contribution in [-0.2, 0) is 11.2 Å². The molecule has 1 amide bonds. The van der Waals surface area contributed by atoms with Gasteiger partial charge in [-0.1, -0.05) is 30.3 Å². The smallest absolute Gasteiger partial charge is 0.225 e. The molecule has 1 rings (SSSR count). The van der Waals surface area contributed by atoms with Crippen molar-refractivity contribution in [2.75, 3.05) is 0 Å². The van der Waals surface area contributed by atoms with Gasteiger partial charge in [-0.3, -0.25) is 4.79 Å². The van der Waals surface area contributed by atoms with Crippen LogP contribution in [0.25, 0.3) is 0 Å². The standard InChI is InChI=1S/C17H27NO2/c1-13(2)18(14(3)4)17(20)12-16(19)11-10-15-8-6-5-7-9-15/h5-9,13-14,16,19H,10-12H2,1-4H3/t16-/m1/s1. The quantitative estimate of drug-likeness (QED) is 0.832. The van der Waals surface area contributed by atoms with Gasteiger partial charge in [0.25, 0.3) is 0 Å². The summed E-state index contributed by atoms with van der Waals surface area (Å²) in [4.78, 5) is 14.1. The number of hydrogen-bond acceptors (Lipinski definition) is 2. The van der Waals surface area contributed by atoms with Crippen molar-refractivity contribution in [3.8, 4) is 0 Å². The maximum absolute atomic E-state index is 12.2. The highest BCUT2D eigenvalue weighted by Gasteiger charge is 2.22. The van der Waals surface area contributed by atoms with Gasteiger partial charge in [0.15, 0.2) is 0 Å². The van der Waals surface area contributed by atoms with Crippen LogP contribution >= 0.6 is 0 Å². The highest BCUT2D eigenvalue weighted by molar-refractivity contribution is 5.77. The molecule has 112 valence electrons. The molecule has 0 radical (unpaired) electrons. The summed E-state index contributed by atoms with van der Waals surface area (Å²) in [6.45, 7) is 8.03. The van der Waals surface area contributed by atoms with Crippen LogP contribution in [-0.4, -0.2) is 34.1 Å². The molecule has 1 atom stereocenters. The van der Waals surface area contributed by atoms with Crippen LogP contribution in [0.1, 0.15) is 46.1 Å². The third kappa shape index (κ3) is 5.33. The molecule has 0 aliphatic rings. The predicted octanol–water partition coefficient (Wildman–Crippen LogP) is 3.02. The third-order valence-electron chi connectivity index (χ3n) is 3.42. The number of aliphatic hydroxyl groups excluding tert-OH is 1. The number of carbonyl (C=O) groups excluding carboxylic acids is 1. The number of amides is 1. The Labute approximate surface area is 122 Å². The Morgan fingerprint density at radius 2 is 1.65 bits per heavy atom. The van der Waals surface area contributed by atoms with Crippen molar-refractivity contribution < 1.29 is 9.90 Å². The number of benzene rings is 1. The van der Waals surface area contributed by atoms with Gasteiger partial charge < -0.3 is 10.0 Å². The molecule has 0 aliphatic carbocycles. The van der Waals surface area contributed by atoms with E-state index in [9.17, 15) is 9.90 Å². The predicted molar refractivity (Wildman–Crippen MR) is 82.5 cm³/mol. The van der Waals surface area contributed by atoms with Crippen molar-refractivity contribution in [1.82, 2.24) is 4.90 Å². The molecule has 1 aromatic rings. The van der Waals surface area contributed by atoms with Gasteiger partial charge in [0.05, 0.1) is 12.5 Å². The molecule has 0 fully saturated rings. The maximum Gasteiger partial charge on any atom is 0.225 e. The summed E-state index contributed by atoms with van der Waals surface area (Å²) in [6.07, 6.45) is 1.07. The van der Waals surface area contributed by atoms with Gasteiger partial charge >= 0.3 is 0 Å². The minimum absolute atomic E-state index is 0.0376. The highest BCUT2D eigenvalue weighted by atomic mass is 16.3. The fourth-order valence-electron chi connectivity index (χ4n) is 2.56. The van der Waals surface area contributed by atoms with Crippen molar-refractivity contribution in [1.29, 1.82) is 0 Å². The number of aryl methyl sites for hydroxylation is 1. The van der Waals surface area contributed by atoms with Crippen LogP contribution in [0.15, 0.2) is 30.3 Å². The first kappa shape index (κ1) is 16.7. The first-order valence-electron chi connectivity index (χ1n) is 7.45. The normalized spacial score (nSPS) is 12.8. The number of carbonyl (C=O) groups is 1.